The van der Waals surface area contributed by atoms with Crippen molar-refractivity contribution in [3.8, 4) is 0 Å². The minimum Gasteiger partial charge on any atom is -0.329 e. The van der Waals surface area contributed by atoms with E-state index in [4.69, 9.17) is 0 Å². The van der Waals surface area contributed by atoms with E-state index in [2.05, 4.69) is 31.6 Å². The summed E-state index contributed by atoms with van der Waals surface area (Å²) < 4.78 is 2.25. The van der Waals surface area contributed by atoms with E-state index in [0.717, 1.165) is 55.9 Å². The summed E-state index contributed by atoms with van der Waals surface area (Å²) in [5, 5.41) is 8.76. The van der Waals surface area contributed by atoms with Crippen LogP contribution in [0.5, 0.6) is 0 Å². The quantitative estimate of drug-likeness (QED) is 0.867. The number of carbonyl (C=O) groups excluding carboxylic acids is 1. The lowest BCUT2D eigenvalue weighted by molar-refractivity contribution is 0.0658. The summed E-state index contributed by atoms with van der Waals surface area (Å²) in [7, 11) is 0. The van der Waals surface area contributed by atoms with Crippen LogP contribution in [-0.2, 0) is 19.4 Å². The minimum absolute atomic E-state index is 0.0661. The summed E-state index contributed by atoms with van der Waals surface area (Å²) in [6.45, 7) is 4.92. The summed E-state index contributed by atoms with van der Waals surface area (Å²) >= 11 is 0. The second-order valence-electron chi connectivity index (χ2n) is 6.86. The molecule has 1 fully saturated rings. The highest BCUT2D eigenvalue weighted by Crippen LogP contribution is 2.33. The van der Waals surface area contributed by atoms with Gasteiger partial charge in [0.25, 0.3) is 5.91 Å². The van der Waals surface area contributed by atoms with Crippen molar-refractivity contribution in [2.75, 3.05) is 0 Å². The zero-order valence-corrected chi connectivity index (χ0v) is 14.3. The summed E-state index contributed by atoms with van der Waals surface area (Å²) in [6.07, 6.45) is 6.59. The molecular weight excluding hydrogens is 302 g/mol. The molecule has 6 heteroatoms. The Kier molecular flexibility index (Phi) is 3.82. The van der Waals surface area contributed by atoms with Gasteiger partial charge in [-0.1, -0.05) is 13.0 Å². The van der Waals surface area contributed by atoms with Crippen molar-refractivity contribution < 1.29 is 4.79 Å². The molecule has 2 aromatic rings. The van der Waals surface area contributed by atoms with Gasteiger partial charge in [0.1, 0.15) is 17.3 Å². The van der Waals surface area contributed by atoms with Gasteiger partial charge >= 0.3 is 0 Å². The summed E-state index contributed by atoms with van der Waals surface area (Å²) in [4.78, 5) is 19.5. The first-order valence-corrected chi connectivity index (χ1v) is 8.84. The summed E-state index contributed by atoms with van der Waals surface area (Å²) in [6, 6.07) is 4.26. The Morgan fingerprint density at radius 1 is 1.29 bits per heavy atom. The third kappa shape index (κ3) is 2.41. The number of rotatable bonds is 3. The second kappa shape index (κ2) is 6.00. The van der Waals surface area contributed by atoms with Crippen LogP contribution in [0.3, 0.4) is 0 Å². The zero-order valence-electron chi connectivity index (χ0n) is 14.3. The zero-order chi connectivity index (χ0) is 16.7. The molecule has 0 saturated carbocycles. The molecule has 1 saturated heterocycles. The standard InChI is InChI=1S/C18H23N5O/c1-3-5-15-20-21-16-10-13-7-8-14(11-22(15)16)23(13)18(24)17-12(2)6-4-9-19-17/h4,6,9,13-14H,3,5,7-8,10-11H2,1-2H3. The van der Waals surface area contributed by atoms with Crippen LogP contribution in [0.15, 0.2) is 18.3 Å². The van der Waals surface area contributed by atoms with E-state index in [0.29, 0.717) is 5.69 Å². The topological polar surface area (TPSA) is 63.9 Å². The van der Waals surface area contributed by atoms with Crippen LogP contribution in [0.1, 0.15) is 53.9 Å². The highest BCUT2D eigenvalue weighted by atomic mass is 16.2. The molecule has 126 valence electrons. The highest BCUT2D eigenvalue weighted by molar-refractivity contribution is 5.94. The van der Waals surface area contributed by atoms with Gasteiger partial charge in [-0.3, -0.25) is 9.78 Å². The van der Waals surface area contributed by atoms with Gasteiger partial charge in [-0.05, 0) is 37.8 Å². The first-order chi connectivity index (χ1) is 11.7. The molecule has 4 heterocycles. The lowest BCUT2D eigenvalue weighted by atomic mass is 10.1. The van der Waals surface area contributed by atoms with Gasteiger partial charge in [0.15, 0.2) is 0 Å². The molecule has 0 radical (unpaired) electrons. The molecule has 6 nitrogen and oxygen atoms in total. The number of aryl methyl sites for hydroxylation is 2. The van der Waals surface area contributed by atoms with Gasteiger partial charge in [0.2, 0.25) is 0 Å². The smallest absolute Gasteiger partial charge is 0.273 e. The maximum absolute atomic E-state index is 13.1. The van der Waals surface area contributed by atoms with Gasteiger partial charge in [0, 0.05) is 31.6 Å². The van der Waals surface area contributed by atoms with E-state index in [9.17, 15) is 4.79 Å². The first-order valence-electron chi connectivity index (χ1n) is 8.84. The van der Waals surface area contributed by atoms with Crippen molar-refractivity contribution in [3.63, 3.8) is 0 Å². The van der Waals surface area contributed by atoms with Gasteiger partial charge in [-0.25, -0.2) is 0 Å². The average Bonchev–Trinajstić information content (AvgIpc) is 3.07. The largest absolute Gasteiger partial charge is 0.329 e. The van der Waals surface area contributed by atoms with Crippen molar-refractivity contribution in [2.24, 2.45) is 0 Å². The lowest BCUT2D eigenvalue weighted by Gasteiger charge is -2.28. The number of nitrogens with zero attached hydrogens (tertiary/aromatic N) is 5. The Morgan fingerprint density at radius 3 is 2.92 bits per heavy atom. The second-order valence-corrected chi connectivity index (χ2v) is 6.86. The molecule has 0 aromatic carbocycles. The SMILES string of the molecule is CCCc1nnc2n1CC1CCC(C2)N1C(=O)c1ncccc1C. The van der Waals surface area contributed by atoms with E-state index in [1.807, 2.05) is 19.1 Å². The summed E-state index contributed by atoms with van der Waals surface area (Å²) in [5.41, 5.74) is 1.53. The van der Waals surface area contributed by atoms with Crippen LogP contribution in [0, 0.1) is 6.92 Å². The predicted octanol–water partition coefficient (Wildman–Crippen LogP) is 2.16. The molecule has 2 aliphatic heterocycles. The van der Waals surface area contributed by atoms with Crippen molar-refractivity contribution in [1.29, 1.82) is 0 Å². The molecule has 0 N–H and O–H groups in total. The monoisotopic (exact) mass is 325 g/mol. The van der Waals surface area contributed by atoms with Gasteiger partial charge in [0.05, 0.1) is 6.04 Å². The van der Waals surface area contributed by atoms with Gasteiger partial charge < -0.3 is 9.47 Å². The van der Waals surface area contributed by atoms with Crippen LogP contribution >= 0.6 is 0 Å². The van der Waals surface area contributed by atoms with E-state index in [-0.39, 0.29) is 18.0 Å². The van der Waals surface area contributed by atoms with Crippen LogP contribution < -0.4 is 0 Å². The Labute approximate surface area is 141 Å². The minimum atomic E-state index is 0.0661. The molecule has 2 aromatic heterocycles. The van der Waals surface area contributed by atoms with E-state index >= 15 is 0 Å². The molecular formula is C18H23N5O. The highest BCUT2D eigenvalue weighted by Gasteiger charge is 2.41. The molecule has 1 amide bonds. The Bertz CT molecular complexity index is 769. The van der Waals surface area contributed by atoms with Crippen LogP contribution in [-0.4, -0.2) is 42.6 Å². The molecule has 2 unspecified atom stereocenters. The van der Waals surface area contributed by atoms with Crippen molar-refractivity contribution >= 4 is 5.91 Å². The van der Waals surface area contributed by atoms with E-state index in [1.54, 1.807) is 6.20 Å². The van der Waals surface area contributed by atoms with Crippen molar-refractivity contribution in [3.05, 3.63) is 41.2 Å². The van der Waals surface area contributed by atoms with E-state index in [1.165, 1.54) is 0 Å². The van der Waals surface area contributed by atoms with E-state index < -0.39 is 0 Å². The van der Waals surface area contributed by atoms with Crippen molar-refractivity contribution in [2.45, 2.75) is 64.6 Å². The fraction of sp³-hybridized carbons (Fsp3) is 0.556. The number of carbonyl (C=O) groups is 1. The van der Waals surface area contributed by atoms with Crippen LogP contribution in [0.4, 0.5) is 0 Å². The fourth-order valence-electron chi connectivity index (χ4n) is 4.07. The predicted molar refractivity (Wildman–Crippen MR) is 89.7 cm³/mol. The lowest BCUT2D eigenvalue weighted by Crippen LogP contribution is -2.42. The number of fused-ring (bicyclic) bond motifs is 3. The molecule has 2 atom stereocenters. The Morgan fingerprint density at radius 2 is 2.12 bits per heavy atom. The molecule has 2 bridgehead atoms. The third-order valence-corrected chi connectivity index (χ3v) is 5.26. The van der Waals surface area contributed by atoms with Gasteiger partial charge in [-0.2, -0.15) is 0 Å². The van der Waals surface area contributed by atoms with Crippen LogP contribution in [0.2, 0.25) is 0 Å². The maximum atomic E-state index is 13.1. The van der Waals surface area contributed by atoms with Crippen LogP contribution in [0.25, 0.3) is 0 Å². The number of hydrogen-bond donors (Lipinski definition) is 0. The molecule has 0 spiro atoms. The molecule has 24 heavy (non-hydrogen) atoms. The number of hydrogen-bond acceptors (Lipinski definition) is 4. The molecule has 0 aliphatic carbocycles. The Hall–Kier alpha value is -2.24. The summed E-state index contributed by atoms with van der Waals surface area (Å²) in [5.74, 6) is 2.15. The van der Waals surface area contributed by atoms with Gasteiger partial charge in [-0.15, -0.1) is 10.2 Å². The number of aromatic nitrogens is 4. The fourth-order valence-corrected chi connectivity index (χ4v) is 4.07. The molecule has 4 rings (SSSR count). The maximum Gasteiger partial charge on any atom is 0.273 e. The normalized spacial score (nSPS) is 22.3. The number of pyridine rings is 1. The third-order valence-electron chi connectivity index (χ3n) is 5.26. The Balaban J connectivity index is 1.66. The average molecular weight is 325 g/mol. The number of amides is 1. The first kappa shape index (κ1) is 15.3. The van der Waals surface area contributed by atoms with Crippen molar-refractivity contribution in [1.82, 2.24) is 24.6 Å². The molecule has 2 aliphatic rings.